The average molecular weight is 201 g/mol. The summed E-state index contributed by atoms with van der Waals surface area (Å²) in [5.41, 5.74) is 1.08. The summed E-state index contributed by atoms with van der Waals surface area (Å²) in [6.45, 7) is 5.91. The number of carboxylic acid groups (broad SMARTS) is 1. The van der Waals surface area contributed by atoms with Crippen LogP contribution in [0.15, 0.2) is 11.6 Å². The number of carbonyl (C=O) groups is 1. The fourth-order valence-corrected chi connectivity index (χ4v) is 1.16. The van der Waals surface area contributed by atoms with Gasteiger partial charge in [0.25, 0.3) is 0 Å². The van der Waals surface area contributed by atoms with Crippen LogP contribution in [0.2, 0.25) is 0 Å². The molecule has 82 valence electrons. The monoisotopic (exact) mass is 201 g/mol. The molecule has 0 radical (unpaired) electrons. The van der Waals surface area contributed by atoms with Crippen molar-refractivity contribution in [1.82, 2.24) is 5.32 Å². The van der Waals surface area contributed by atoms with E-state index in [0.29, 0.717) is 6.54 Å². The molecule has 0 saturated heterocycles. The molecule has 3 N–H and O–H groups in total. The molecule has 0 heterocycles. The quantitative estimate of drug-likeness (QED) is 0.555. The zero-order chi connectivity index (χ0) is 11.1. The van der Waals surface area contributed by atoms with E-state index in [-0.39, 0.29) is 0 Å². The van der Waals surface area contributed by atoms with Gasteiger partial charge in [0, 0.05) is 6.54 Å². The number of allylic oxidation sites excluding steroid dienone is 1. The first-order valence-electron chi connectivity index (χ1n) is 4.79. The third kappa shape index (κ3) is 4.99. The molecule has 2 atom stereocenters. The van der Waals surface area contributed by atoms with E-state index in [2.05, 4.69) is 5.32 Å². The Bertz CT molecular complexity index is 211. The average Bonchev–Trinajstić information content (AvgIpc) is 2.03. The summed E-state index contributed by atoms with van der Waals surface area (Å²) in [6.07, 6.45) is 2.07. The summed E-state index contributed by atoms with van der Waals surface area (Å²) in [6, 6.07) is -0.893. The standard InChI is InChI=1S/C10H19NO3/c1-4-5-7(2)6-11-9(8(3)12)10(13)14/h5,8-9,11-12H,4,6H2,1-3H3,(H,13,14). The van der Waals surface area contributed by atoms with Crippen LogP contribution in [0, 0.1) is 0 Å². The molecule has 4 nitrogen and oxygen atoms in total. The fraction of sp³-hybridized carbons (Fsp3) is 0.700. The molecule has 0 aliphatic rings. The van der Waals surface area contributed by atoms with Crippen LogP contribution < -0.4 is 5.32 Å². The molecule has 0 amide bonds. The third-order valence-corrected chi connectivity index (χ3v) is 1.90. The van der Waals surface area contributed by atoms with Crippen molar-refractivity contribution in [2.45, 2.75) is 39.3 Å². The first-order chi connectivity index (χ1) is 6.49. The summed E-state index contributed by atoms with van der Waals surface area (Å²) in [5.74, 6) is -1.02. The van der Waals surface area contributed by atoms with Gasteiger partial charge in [0.05, 0.1) is 6.10 Å². The highest BCUT2D eigenvalue weighted by Crippen LogP contribution is 1.97. The van der Waals surface area contributed by atoms with Crippen LogP contribution in [0.4, 0.5) is 0 Å². The van der Waals surface area contributed by atoms with E-state index >= 15 is 0 Å². The van der Waals surface area contributed by atoms with Crippen LogP contribution >= 0.6 is 0 Å². The SMILES string of the molecule is CCC=C(C)CNC(C(=O)O)C(C)O. The summed E-state index contributed by atoms with van der Waals surface area (Å²) >= 11 is 0. The number of hydrogen-bond donors (Lipinski definition) is 3. The first-order valence-corrected chi connectivity index (χ1v) is 4.79. The lowest BCUT2D eigenvalue weighted by atomic mass is 10.1. The van der Waals surface area contributed by atoms with Crippen LogP contribution in [0.25, 0.3) is 0 Å². The molecular weight excluding hydrogens is 182 g/mol. The second kappa shape index (κ2) is 6.56. The van der Waals surface area contributed by atoms with Gasteiger partial charge in [0.15, 0.2) is 0 Å². The number of aliphatic hydroxyl groups excluding tert-OH is 1. The Morgan fingerprint density at radius 3 is 2.50 bits per heavy atom. The van der Waals surface area contributed by atoms with Gasteiger partial charge in [0.2, 0.25) is 0 Å². The maximum absolute atomic E-state index is 10.7. The number of aliphatic carboxylic acids is 1. The Hall–Kier alpha value is -0.870. The molecule has 0 saturated carbocycles. The van der Waals surface area contributed by atoms with E-state index < -0.39 is 18.1 Å². The number of carboxylic acids is 1. The van der Waals surface area contributed by atoms with E-state index in [0.717, 1.165) is 12.0 Å². The molecule has 0 aliphatic carbocycles. The lowest BCUT2D eigenvalue weighted by Gasteiger charge is -2.17. The molecule has 0 fully saturated rings. The van der Waals surface area contributed by atoms with Crippen molar-refractivity contribution in [1.29, 1.82) is 0 Å². The molecule has 0 aromatic carbocycles. The molecule has 4 heteroatoms. The number of rotatable bonds is 6. The molecule has 0 aliphatic heterocycles. The van der Waals surface area contributed by atoms with Crippen molar-refractivity contribution in [3.8, 4) is 0 Å². The molecule has 0 aromatic rings. The highest BCUT2D eigenvalue weighted by atomic mass is 16.4. The fourth-order valence-electron chi connectivity index (χ4n) is 1.16. The lowest BCUT2D eigenvalue weighted by molar-refractivity contribution is -0.142. The minimum absolute atomic E-state index is 0.496. The minimum atomic E-state index is -1.02. The van der Waals surface area contributed by atoms with Crippen LogP contribution in [0.1, 0.15) is 27.2 Å². The highest BCUT2D eigenvalue weighted by molar-refractivity contribution is 5.74. The van der Waals surface area contributed by atoms with Crippen molar-refractivity contribution < 1.29 is 15.0 Å². The van der Waals surface area contributed by atoms with E-state index in [1.165, 1.54) is 6.92 Å². The molecular formula is C10H19NO3. The van der Waals surface area contributed by atoms with Crippen molar-refractivity contribution in [2.75, 3.05) is 6.54 Å². The van der Waals surface area contributed by atoms with Gasteiger partial charge < -0.3 is 10.2 Å². The van der Waals surface area contributed by atoms with E-state index in [1.807, 2.05) is 19.9 Å². The van der Waals surface area contributed by atoms with Crippen molar-refractivity contribution in [3.05, 3.63) is 11.6 Å². The van der Waals surface area contributed by atoms with Gasteiger partial charge in [-0.25, -0.2) is 0 Å². The molecule has 14 heavy (non-hydrogen) atoms. The maximum atomic E-state index is 10.7. The van der Waals surface area contributed by atoms with Crippen molar-refractivity contribution in [2.24, 2.45) is 0 Å². The van der Waals surface area contributed by atoms with Gasteiger partial charge in [-0.15, -0.1) is 0 Å². The summed E-state index contributed by atoms with van der Waals surface area (Å²) in [5, 5.41) is 20.7. The van der Waals surface area contributed by atoms with E-state index in [1.54, 1.807) is 0 Å². The Labute approximate surface area is 84.6 Å². The second-order valence-electron chi connectivity index (χ2n) is 3.40. The van der Waals surface area contributed by atoms with Gasteiger partial charge in [0.1, 0.15) is 6.04 Å². The summed E-state index contributed by atoms with van der Waals surface area (Å²) < 4.78 is 0. The molecule has 0 aromatic heterocycles. The minimum Gasteiger partial charge on any atom is -0.480 e. The van der Waals surface area contributed by atoms with Crippen molar-refractivity contribution >= 4 is 5.97 Å². The van der Waals surface area contributed by atoms with E-state index in [4.69, 9.17) is 10.2 Å². The lowest BCUT2D eigenvalue weighted by Crippen LogP contribution is -2.45. The zero-order valence-corrected chi connectivity index (χ0v) is 8.95. The predicted molar refractivity (Wildman–Crippen MR) is 55.2 cm³/mol. The second-order valence-corrected chi connectivity index (χ2v) is 3.40. The first kappa shape index (κ1) is 13.1. The topological polar surface area (TPSA) is 69.6 Å². The molecule has 0 rings (SSSR count). The van der Waals surface area contributed by atoms with Crippen LogP contribution in [-0.2, 0) is 4.79 Å². The largest absolute Gasteiger partial charge is 0.480 e. The van der Waals surface area contributed by atoms with Crippen LogP contribution in [-0.4, -0.2) is 34.9 Å². The maximum Gasteiger partial charge on any atom is 0.323 e. The Morgan fingerprint density at radius 2 is 2.14 bits per heavy atom. The summed E-state index contributed by atoms with van der Waals surface area (Å²) in [7, 11) is 0. The Morgan fingerprint density at radius 1 is 1.57 bits per heavy atom. The van der Waals surface area contributed by atoms with Crippen molar-refractivity contribution in [3.63, 3.8) is 0 Å². The smallest absolute Gasteiger partial charge is 0.323 e. The van der Waals surface area contributed by atoms with Crippen LogP contribution in [0.3, 0.4) is 0 Å². The number of nitrogens with one attached hydrogen (secondary N) is 1. The zero-order valence-electron chi connectivity index (χ0n) is 8.95. The Kier molecular flexibility index (Phi) is 6.16. The Balaban J connectivity index is 4.07. The highest BCUT2D eigenvalue weighted by Gasteiger charge is 2.21. The van der Waals surface area contributed by atoms with Gasteiger partial charge in [-0.1, -0.05) is 18.6 Å². The predicted octanol–water partition coefficient (Wildman–Crippen LogP) is 0.766. The van der Waals surface area contributed by atoms with Gasteiger partial charge in [-0.05, 0) is 20.3 Å². The van der Waals surface area contributed by atoms with Gasteiger partial charge in [-0.3, -0.25) is 10.1 Å². The van der Waals surface area contributed by atoms with E-state index in [9.17, 15) is 4.79 Å². The normalized spacial score (nSPS) is 16.4. The number of aliphatic hydroxyl groups is 1. The number of hydrogen-bond acceptors (Lipinski definition) is 3. The summed E-state index contributed by atoms with van der Waals surface area (Å²) in [4.78, 5) is 10.7. The van der Waals surface area contributed by atoms with Gasteiger partial charge >= 0.3 is 5.97 Å². The van der Waals surface area contributed by atoms with Gasteiger partial charge in [-0.2, -0.15) is 0 Å². The molecule has 0 bridgehead atoms. The van der Waals surface area contributed by atoms with Crippen LogP contribution in [0.5, 0.6) is 0 Å². The molecule has 2 unspecified atom stereocenters. The third-order valence-electron chi connectivity index (χ3n) is 1.90. The molecule has 0 spiro atoms.